The van der Waals surface area contributed by atoms with E-state index in [1.165, 1.54) is 0 Å². The van der Waals surface area contributed by atoms with E-state index >= 15 is 0 Å². The summed E-state index contributed by atoms with van der Waals surface area (Å²) >= 11 is 3.29. The highest BCUT2D eigenvalue weighted by Gasteiger charge is 2.29. The van der Waals surface area contributed by atoms with Crippen LogP contribution in [0.3, 0.4) is 0 Å². The lowest BCUT2D eigenvalue weighted by atomic mass is 10.2. The molecule has 1 aromatic rings. The molecule has 1 aliphatic heterocycles. The van der Waals surface area contributed by atoms with Gasteiger partial charge >= 0.3 is 0 Å². The lowest BCUT2D eigenvalue weighted by Gasteiger charge is -2.10. The van der Waals surface area contributed by atoms with Gasteiger partial charge in [0.2, 0.25) is 0 Å². The number of halogens is 1. The Morgan fingerprint density at radius 1 is 1.59 bits per heavy atom. The van der Waals surface area contributed by atoms with Crippen LogP contribution in [0.25, 0.3) is 0 Å². The first kappa shape index (κ1) is 12.6. The second-order valence-electron chi connectivity index (χ2n) is 4.23. The van der Waals surface area contributed by atoms with Gasteiger partial charge in [-0.15, -0.1) is 0 Å². The predicted molar refractivity (Wildman–Crippen MR) is 67.6 cm³/mol. The first-order chi connectivity index (χ1) is 7.87. The molecule has 1 atom stereocenters. The summed E-state index contributed by atoms with van der Waals surface area (Å²) in [5.41, 5.74) is 0.515. The highest BCUT2D eigenvalue weighted by atomic mass is 79.9. The van der Waals surface area contributed by atoms with Crippen molar-refractivity contribution in [2.45, 2.75) is 12.5 Å². The molecule has 1 aromatic heterocycles. The number of aryl methyl sites for hydroxylation is 1. The van der Waals surface area contributed by atoms with E-state index in [-0.39, 0.29) is 23.5 Å². The van der Waals surface area contributed by atoms with Crippen molar-refractivity contribution in [3.8, 4) is 0 Å². The minimum absolute atomic E-state index is 0.0460. The quantitative estimate of drug-likeness (QED) is 0.872. The van der Waals surface area contributed by atoms with Gasteiger partial charge in [0, 0.05) is 23.8 Å². The zero-order chi connectivity index (χ0) is 12.6. The molecule has 94 valence electrons. The number of hydrogen-bond donors (Lipinski definition) is 1. The van der Waals surface area contributed by atoms with E-state index in [0.717, 1.165) is 4.47 Å². The average Bonchev–Trinajstić information content (AvgIpc) is 2.69. The minimum atomic E-state index is -2.96. The summed E-state index contributed by atoms with van der Waals surface area (Å²) in [4.78, 5) is 11.9. The normalized spacial score (nSPS) is 22.6. The number of carbonyl (C=O) groups is 1. The Morgan fingerprint density at radius 2 is 2.29 bits per heavy atom. The van der Waals surface area contributed by atoms with Crippen molar-refractivity contribution in [2.24, 2.45) is 7.05 Å². The Labute approximate surface area is 108 Å². The van der Waals surface area contributed by atoms with Gasteiger partial charge in [-0.3, -0.25) is 4.79 Å². The second-order valence-corrected chi connectivity index (χ2v) is 7.37. The van der Waals surface area contributed by atoms with Gasteiger partial charge in [-0.25, -0.2) is 8.42 Å². The Hall–Kier alpha value is -0.820. The van der Waals surface area contributed by atoms with Crippen molar-refractivity contribution in [2.75, 3.05) is 11.5 Å². The highest BCUT2D eigenvalue weighted by Crippen LogP contribution is 2.15. The maximum Gasteiger partial charge on any atom is 0.268 e. The van der Waals surface area contributed by atoms with Crippen molar-refractivity contribution < 1.29 is 13.2 Å². The van der Waals surface area contributed by atoms with Crippen LogP contribution in [0.15, 0.2) is 16.7 Å². The fraction of sp³-hybridized carbons (Fsp3) is 0.500. The zero-order valence-corrected chi connectivity index (χ0v) is 11.7. The van der Waals surface area contributed by atoms with Crippen LogP contribution in [-0.4, -0.2) is 36.4 Å². The number of aromatic nitrogens is 1. The Balaban J connectivity index is 2.06. The summed E-state index contributed by atoms with van der Waals surface area (Å²) in [6, 6.07) is 1.44. The van der Waals surface area contributed by atoms with Crippen LogP contribution in [0.2, 0.25) is 0 Å². The van der Waals surface area contributed by atoms with Crippen LogP contribution < -0.4 is 5.32 Å². The Kier molecular flexibility index (Phi) is 3.31. The third-order valence-corrected chi connectivity index (χ3v) is 4.97. The molecule has 17 heavy (non-hydrogen) atoms. The average molecular weight is 321 g/mol. The first-order valence-corrected chi connectivity index (χ1v) is 7.82. The van der Waals surface area contributed by atoms with Gasteiger partial charge in [0.05, 0.1) is 11.5 Å². The Morgan fingerprint density at radius 3 is 2.76 bits per heavy atom. The fourth-order valence-electron chi connectivity index (χ4n) is 1.92. The predicted octanol–water partition coefficient (Wildman–Crippen LogP) is 0.705. The van der Waals surface area contributed by atoms with E-state index in [1.807, 2.05) is 0 Å². The summed E-state index contributed by atoms with van der Waals surface area (Å²) < 4.78 is 25.1. The molecule has 0 spiro atoms. The second kappa shape index (κ2) is 4.45. The van der Waals surface area contributed by atoms with Crippen LogP contribution >= 0.6 is 15.9 Å². The standard InChI is InChI=1S/C10H13BrN2O3S/c1-13-5-7(11)4-9(13)10(14)12-8-2-3-17(15,16)6-8/h4-5,8H,2-3,6H2,1H3,(H,12,14). The third kappa shape index (κ3) is 2.90. The third-order valence-electron chi connectivity index (χ3n) is 2.77. The van der Waals surface area contributed by atoms with Crippen LogP contribution in [0.1, 0.15) is 16.9 Å². The molecule has 2 rings (SSSR count). The number of nitrogens with zero attached hydrogens (tertiary/aromatic N) is 1. The number of rotatable bonds is 2. The van der Waals surface area contributed by atoms with Gasteiger partial charge in [-0.1, -0.05) is 0 Å². The summed E-state index contributed by atoms with van der Waals surface area (Å²) in [7, 11) is -1.19. The summed E-state index contributed by atoms with van der Waals surface area (Å²) in [5, 5.41) is 2.75. The van der Waals surface area contributed by atoms with Crippen LogP contribution in [0, 0.1) is 0 Å². The van der Waals surface area contributed by atoms with Crippen molar-refractivity contribution in [1.29, 1.82) is 0 Å². The van der Waals surface area contributed by atoms with E-state index in [0.29, 0.717) is 12.1 Å². The molecular formula is C10H13BrN2O3S. The van der Waals surface area contributed by atoms with Gasteiger partial charge in [0.15, 0.2) is 9.84 Å². The van der Waals surface area contributed by atoms with Gasteiger partial charge in [0.25, 0.3) is 5.91 Å². The zero-order valence-electron chi connectivity index (χ0n) is 9.31. The molecule has 0 saturated carbocycles. The number of sulfone groups is 1. The summed E-state index contributed by atoms with van der Waals surface area (Å²) in [6.07, 6.45) is 2.28. The molecule has 1 unspecified atom stereocenters. The largest absolute Gasteiger partial charge is 0.347 e. The molecule has 7 heteroatoms. The lowest BCUT2D eigenvalue weighted by molar-refractivity contribution is 0.0933. The minimum Gasteiger partial charge on any atom is -0.347 e. The monoisotopic (exact) mass is 320 g/mol. The van der Waals surface area contributed by atoms with Gasteiger partial charge < -0.3 is 9.88 Å². The lowest BCUT2D eigenvalue weighted by Crippen LogP contribution is -2.36. The number of amides is 1. The molecular weight excluding hydrogens is 308 g/mol. The summed E-state index contributed by atoms with van der Waals surface area (Å²) in [5.74, 6) is -0.0284. The number of hydrogen-bond acceptors (Lipinski definition) is 3. The van der Waals surface area contributed by atoms with Crippen molar-refractivity contribution in [3.05, 3.63) is 22.4 Å². The van der Waals surface area contributed by atoms with E-state index < -0.39 is 9.84 Å². The van der Waals surface area contributed by atoms with Crippen molar-refractivity contribution >= 4 is 31.7 Å². The smallest absolute Gasteiger partial charge is 0.268 e. The molecule has 1 aliphatic rings. The van der Waals surface area contributed by atoms with E-state index in [2.05, 4.69) is 21.2 Å². The SMILES string of the molecule is Cn1cc(Br)cc1C(=O)NC1CCS(=O)(=O)C1. The van der Waals surface area contributed by atoms with Crippen molar-refractivity contribution in [3.63, 3.8) is 0 Å². The molecule has 0 aromatic carbocycles. The van der Waals surface area contributed by atoms with E-state index in [4.69, 9.17) is 0 Å². The molecule has 0 radical (unpaired) electrons. The number of nitrogens with one attached hydrogen (secondary N) is 1. The Bertz CT molecular complexity index is 550. The van der Waals surface area contributed by atoms with Gasteiger partial charge in [0.1, 0.15) is 5.69 Å². The van der Waals surface area contributed by atoms with Gasteiger partial charge in [-0.05, 0) is 28.4 Å². The molecule has 0 bridgehead atoms. The molecule has 0 aliphatic carbocycles. The molecule has 1 N–H and O–H groups in total. The highest BCUT2D eigenvalue weighted by molar-refractivity contribution is 9.10. The molecule has 1 saturated heterocycles. The first-order valence-electron chi connectivity index (χ1n) is 5.20. The van der Waals surface area contributed by atoms with Crippen molar-refractivity contribution in [1.82, 2.24) is 9.88 Å². The molecule has 1 amide bonds. The van der Waals surface area contributed by atoms with Crippen LogP contribution in [-0.2, 0) is 16.9 Å². The van der Waals surface area contributed by atoms with Gasteiger partial charge in [-0.2, -0.15) is 0 Å². The maximum atomic E-state index is 11.9. The number of carbonyl (C=O) groups excluding carboxylic acids is 1. The van der Waals surface area contributed by atoms with E-state index in [9.17, 15) is 13.2 Å². The maximum absolute atomic E-state index is 11.9. The van der Waals surface area contributed by atoms with E-state index in [1.54, 1.807) is 23.9 Å². The molecule has 1 fully saturated rings. The molecule has 2 heterocycles. The summed E-state index contributed by atoms with van der Waals surface area (Å²) in [6.45, 7) is 0. The van der Waals surface area contributed by atoms with Crippen LogP contribution in [0.4, 0.5) is 0 Å². The topological polar surface area (TPSA) is 68.2 Å². The van der Waals surface area contributed by atoms with Crippen LogP contribution in [0.5, 0.6) is 0 Å². The fourth-order valence-corrected chi connectivity index (χ4v) is 4.12. The molecule has 5 nitrogen and oxygen atoms in total.